The van der Waals surface area contributed by atoms with Gasteiger partial charge in [0.25, 0.3) is 0 Å². The molecule has 29 heavy (non-hydrogen) atoms. The van der Waals surface area contributed by atoms with E-state index < -0.39 is 0 Å². The van der Waals surface area contributed by atoms with Gasteiger partial charge in [0.1, 0.15) is 0 Å². The summed E-state index contributed by atoms with van der Waals surface area (Å²) in [6.45, 7) is 4.25. The van der Waals surface area contributed by atoms with E-state index in [0.717, 1.165) is 37.6 Å². The molecule has 0 unspecified atom stereocenters. The summed E-state index contributed by atoms with van der Waals surface area (Å²) in [5.74, 6) is 0.949. The third kappa shape index (κ3) is 4.78. The number of rotatable bonds is 5. The number of benzene rings is 2. The minimum Gasteiger partial charge on any atom is -0.369 e. The molecule has 2 heterocycles. The lowest BCUT2D eigenvalue weighted by Gasteiger charge is -2.34. The van der Waals surface area contributed by atoms with E-state index in [1.54, 1.807) is 24.4 Å². The molecular weight excluding hydrogens is 364 g/mol. The summed E-state index contributed by atoms with van der Waals surface area (Å²) in [5, 5.41) is 23.4. The summed E-state index contributed by atoms with van der Waals surface area (Å²) in [6, 6.07) is 17.6. The van der Waals surface area contributed by atoms with Crippen molar-refractivity contribution in [1.82, 2.24) is 20.1 Å². The second kappa shape index (κ2) is 8.54. The molecule has 0 amide bonds. The van der Waals surface area contributed by atoms with Gasteiger partial charge in [-0.05, 0) is 49.5 Å². The number of likely N-dealkylation sites (N-methyl/N-ethyl adjacent to an activating group) is 1. The van der Waals surface area contributed by atoms with Crippen LogP contribution in [-0.4, -0.2) is 53.3 Å². The second-order valence-corrected chi connectivity index (χ2v) is 6.95. The van der Waals surface area contributed by atoms with Crippen molar-refractivity contribution in [3.63, 3.8) is 0 Å². The van der Waals surface area contributed by atoms with Crippen LogP contribution in [-0.2, 0) is 0 Å². The van der Waals surface area contributed by atoms with E-state index in [2.05, 4.69) is 60.9 Å². The molecule has 1 aliphatic heterocycles. The van der Waals surface area contributed by atoms with Crippen LogP contribution >= 0.6 is 0 Å². The Hall–Kier alpha value is -3.70. The lowest BCUT2D eigenvalue weighted by molar-refractivity contribution is 0.313. The van der Waals surface area contributed by atoms with E-state index in [-0.39, 0.29) is 0 Å². The van der Waals surface area contributed by atoms with Crippen LogP contribution in [0, 0.1) is 11.3 Å². The van der Waals surface area contributed by atoms with Gasteiger partial charge >= 0.3 is 0 Å². The summed E-state index contributed by atoms with van der Waals surface area (Å²) in [7, 11) is 2.16. The lowest BCUT2D eigenvalue weighted by atomic mass is 10.2. The van der Waals surface area contributed by atoms with Crippen molar-refractivity contribution in [2.45, 2.75) is 0 Å². The predicted octanol–water partition coefficient (Wildman–Crippen LogP) is 2.98. The second-order valence-electron chi connectivity index (χ2n) is 6.95. The molecule has 1 saturated heterocycles. The van der Waals surface area contributed by atoms with Gasteiger partial charge in [0.2, 0.25) is 5.95 Å². The van der Waals surface area contributed by atoms with Gasteiger partial charge in [0.05, 0.1) is 17.8 Å². The monoisotopic (exact) mass is 386 g/mol. The summed E-state index contributed by atoms with van der Waals surface area (Å²) < 4.78 is 0. The van der Waals surface area contributed by atoms with Crippen molar-refractivity contribution >= 4 is 28.8 Å². The standard InChI is InChI=1S/C21H22N8/c1-28-9-11-29(12-10-28)19-7-5-17(6-8-19)24-20-15-23-27-21(26-20)25-18-4-2-3-16(13-18)14-22/h2-8,13,15H,9-12H2,1H3,(H2,24,25,26,27). The number of nitrogens with zero attached hydrogens (tertiary/aromatic N) is 6. The van der Waals surface area contributed by atoms with Crippen LogP contribution in [0.1, 0.15) is 5.56 Å². The maximum absolute atomic E-state index is 9.01. The van der Waals surface area contributed by atoms with Gasteiger partial charge in [0.15, 0.2) is 5.82 Å². The maximum Gasteiger partial charge on any atom is 0.249 e. The molecule has 0 spiro atoms. The summed E-state index contributed by atoms with van der Waals surface area (Å²) >= 11 is 0. The summed E-state index contributed by atoms with van der Waals surface area (Å²) in [4.78, 5) is 9.18. The van der Waals surface area contributed by atoms with E-state index in [4.69, 9.17) is 5.26 Å². The van der Waals surface area contributed by atoms with E-state index in [1.807, 2.05) is 18.2 Å². The van der Waals surface area contributed by atoms with Gasteiger partial charge in [0, 0.05) is 43.2 Å². The zero-order valence-corrected chi connectivity index (χ0v) is 16.2. The van der Waals surface area contributed by atoms with Gasteiger partial charge in [-0.15, -0.1) is 5.10 Å². The zero-order valence-electron chi connectivity index (χ0n) is 16.2. The first-order valence-electron chi connectivity index (χ1n) is 9.47. The Morgan fingerprint density at radius 1 is 0.966 bits per heavy atom. The van der Waals surface area contributed by atoms with E-state index in [9.17, 15) is 0 Å². The van der Waals surface area contributed by atoms with Crippen LogP contribution in [0.2, 0.25) is 0 Å². The molecule has 0 saturated carbocycles. The van der Waals surface area contributed by atoms with Gasteiger partial charge < -0.3 is 20.4 Å². The van der Waals surface area contributed by atoms with Gasteiger partial charge in [-0.25, -0.2) is 0 Å². The minimum atomic E-state index is 0.360. The molecule has 2 N–H and O–H groups in total. The molecule has 1 aromatic heterocycles. The number of nitriles is 1. The van der Waals surface area contributed by atoms with Crippen molar-refractivity contribution in [3.8, 4) is 6.07 Å². The lowest BCUT2D eigenvalue weighted by Crippen LogP contribution is -2.44. The summed E-state index contributed by atoms with van der Waals surface area (Å²) in [5.41, 5.74) is 3.46. The highest BCUT2D eigenvalue weighted by atomic mass is 15.3. The Labute approximate surface area is 169 Å². The van der Waals surface area contributed by atoms with Crippen molar-refractivity contribution in [2.24, 2.45) is 0 Å². The van der Waals surface area contributed by atoms with Crippen LogP contribution < -0.4 is 15.5 Å². The highest BCUT2D eigenvalue weighted by Crippen LogP contribution is 2.22. The van der Waals surface area contributed by atoms with Crippen LogP contribution in [0.5, 0.6) is 0 Å². The average Bonchev–Trinajstić information content (AvgIpc) is 2.75. The minimum absolute atomic E-state index is 0.360. The average molecular weight is 386 g/mol. The highest BCUT2D eigenvalue weighted by molar-refractivity contribution is 5.62. The van der Waals surface area contributed by atoms with Crippen LogP contribution in [0.3, 0.4) is 0 Å². The number of aromatic nitrogens is 3. The van der Waals surface area contributed by atoms with E-state index in [0.29, 0.717) is 17.3 Å². The first-order valence-corrected chi connectivity index (χ1v) is 9.47. The molecule has 4 rings (SSSR count). The Balaban J connectivity index is 1.42. The Bertz CT molecular complexity index is 1000. The van der Waals surface area contributed by atoms with Gasteiger partial charge in [-0.2, -0.15) is 15.3 Å². The van der Waals surface area contributed by atoms with Crippen LogP contribution in [0.4, 0.5) is 28.8 Å². The molecular formula is C21H22N8. The molecule has 8 nitrogen and oxygen atoms in total. The van der Waals surface area contributed by atoms with Gasteiger partial charge in [-0.1, -0.05) is 6.07 Å². The maximum atomic E-state index is 9.01. The number of hydrogen-bond acceptors (Lipinski definition) is 8. The molecule has 1 fully saturated rings. The van der Waals surface area contributed by atoms with Crippen molar-refractivity contribution in [1.29, 1.82) is 5.26 Å². The molecule has 8 heteroatoms. The Morgan fingerprint density at radius 2 is 1.76 bits per heavy atom. The first kappa shape index (κ1) is 18.7. The first-order chi connectivity index (χ1) is 14.2. The number of piperazine rings is 1. The molecule has 0 aliphatic carbocycles. The molecule has 3 aromatic rings. The fourth-order valence-electron chi connectivity index (χ4n) is 3.18. The largest absolute Gasteiger partial charge is 0.369 e. The van der Waals surface area contributed by atoms with Crippen molar-refractivity contribution in [3.05, 3.63) is 60.3 Å². The van der Waals surface area contributed by atoms with Crippen molar-refractivity contribution < 1.29 is 0 Å². The quantitative estimate of drug-likeness (QED) is 0.691. The normalized spacial score (nSPS) is 14.3. The molecule has 0 atom stereocenters. The smallest absolute Gasteiger partial charge is 0.249 e. The van der Waals surface area contributed by atoms with Gasteiger partial charge in [-0.3, -0.25) is 0 Å². The molecule has 2 aromatic carbocycles. The molecule has 146 valence electrons. The SMILES string of the molecule is CN1CCN(c2ccc(Nc3cnnc(Nc4cccc(C#N)c4)n3)cc2)CC1. The fraction of sp³-hybridized carbons (Fsp3) is 0.238. The third-order valence-corrected chi connectivity index (χ3v) is 4.81. The van der Waals surface area contributed by atoms with E-state index in [1.165, 1.54) is 5.69 Å². The molecule has 1 aliphatic rings. The fourth-order valence-corrected chi connectivity index (χ4v) is 3.18. The number of hydrogen-bond donors (Lipinski definition) is 2. The topological polar surface area (TPSA) is 93.0 Å². The van der Waals surface area contributed by atoms with Crippen LogP contribution in [0.25, 0.3) is 0 Å². The molecule has 0 bridgehead atoms. The zero-order chi connectivity index (χ0) is 20.1. The van der Waals surface area contributed by atoms with Crippen LogP contribution in [0.15, 0.2) is 54.7 Å². The van der Waals surface area contributed by atoms with Crippen molar-refractivity contribution in [2.75, 3.05) is 48.8 Å². The summed E-state index contributed by atoms with van der Waals surface area (Å²) in [6.07, 6.45) is 1.57. The highest BCUT2D eigenvalue weighted by Gasteiger charge is 2.14. The Morgan fingerprint density at radius 3 is 2.52 bits per heavy atom. The number of nitrogens with one attached hydrogen (secondary N) is 2. The predicted molar refractivity (Wildman–Crippen MR) is 114 cm³/mol. The molecule has 0 radical (unpaired) electrons. The number of anilines is 5. The third-order valence-electron chi connectivity index (χ3n) is 4.81. The van der Waals surface area contributed by atoms with E-state index >= 15 is 0 Å². The Kier molecular flexibility index (Phi) is 5.49.